The molecular weight excluding hydrogens is 413 g/mol. The number of halogens is 3. The van der Waals surface area contributed by atoms with Gasteiger partial charge >= 0.3 is 6.18 Å². The number of rotatable bonds is 2. The van der Waals surface area contributed by atoms with Gasteiger partial charge in [0.25, 0.3) is 0 Å². The molecule has 30 heavy (non-hydrogen) atoms. The van der Waals surface area contributed by atoms with E-state index < -0.39 is 23.4 Å². The Labute approximate surface area is 175 Å². The molecule has 4 nitrogen and oxygen atoms in total. The Morgan fingerprint density at radius 1 is 1.17 bits per heavy atom. The minimum Gasteiger partial charge on any atom is -0.366 e. The lowest BCUT2D eigenvalue weighted by atomic mass is 9.85. The molecule has 0 spiro atoms. The van der Waals surface area contributed by atoms with Crippen molar-refractivity contribution in [2.75, 3.05) is 5.75 Å². The van der Waals surface area contributed by atoms with Gasteiger partial charge in [-0.05, 0) is 24.6 Å². The zero-order valence-electron chi connectivity index (χ0n) is 15.9. The highest BCUT2D eigenvalue weighted by Crippen LogP contribution is 2.51. The summed E-state index contributed by atoms with van der Waals surface area (Å²) in [4.78, 5) is 14.3. The van der Waals surface area contributed by atoms with Crippen LogP contribution in [0, 0.1) is 18.3 Å². The number of fused-ring (bicyclic) bond motifs is 1. The van der Waals surface area contributed by atoms with Crippen molar-refractivity contribution in [3.63, 3.8) is 0 Å². The molecule has 2 aromatic carbocycles. The number of amides is 1. The molecule has 0 aliphatic carbocycles. The number of thioether (sulfide) groups is 1. The summed E-state index contributed by atoms with van der Waals surface area (Å²) in [6.07, 6.45) is -4.56. The largest absolute Gasteiger partial charge is 0.416 e. The number of hydrogen-bond donors (Lipinski definition) is 1. The number of allylic oxidation sites excluding steroid dienone is 1. The zero-order chi connectivity index (χ0) is 21.7. The van der Waals surface area contributed by atoms with E-state index in [0.29, 0.717) is 16.2 Å². The van der Waals surface area contributed by atoms with Crippen molar-refractivity contribution >= 4 is 17.7 Å². The molecule has 0 saturated carbocycles. The zero-order valence-corrected chi connectivity index (χ0v) is 16.7. The van der Waals surface area contributed by atoms with Crippen LogP contribution in [0.4, 0.5) is 13.2 Å². The maximum atomic E-state index is 13.0. The van der Waals surface area contributed by atoms with Crippen LogP contribution < -0.4 is 0 Å². The highest BCUT2D eigenvalue weighted by atomic mass is 32.2. The first-order valence-electron chi connectivity index (χ1n) is 9.22. The number of carbonyl (C=O) groups excluding carboxylic acids is 1. The summed E-state index contributed by atoms with van der Waals surface area (Å²) in [6.45, 7) is 1.91. The third-order valence-corrected chi connectivity index (χ3v) is 6.69. The van der Waals surface area contributed by atoms with Gasteiger partial charge in [-0.15, -0.1) is 11.8 Å². The Kier molecular flexibility index (Phi) is 4.91. The average Bonchev–Trinajstić information content (AvgIpc) is 3.07. The van der Waals surface area contributed by atoms with Crippen molar-refractivity contribution in [2.24, 2.45) is 0 Å². The van der Waals surface area contributed by atoms with E-state index in [9.17, 15) is 28.3 Å². The van der Waals surface area contributed by atoms with E-state index in [1.807, 2.05) is 19.1 Å². The molecule has 1 amide bonds. The monoisotopic (exact) mass is 430 g/mol. The fourth-order valence-electron chi connectivity index (χ4n) is 3.85. The van der Waals surface area contributed by atoms with Crippen LogP contribution >= 0.6 is 11.8 Å². The molecule has 0 aromatic heterocycles. The molecule has 2 aliphatic heterocycles. The Morgan fingerprint density at radius 2 is 1.80 bits per heavy atom. The van der Waals surface area contributed by atoms with Gasteiger partial charge in [-0.25, -0.2) is 0 Å². The van der Waals surface area contributed by atoms with E-state index in [4.69, 9.17) is 0 Å². The summed E-state index contributed by atoms with van der Waals surface area (Å²) in [5, 5.41) is 21.5. The third-order valence-electron chi connectivity index (χ3n) is 5.46. The second-order valence-electron chi connectivity index (χ2n) is 7.41. The predicted octanol–water partition coefficient (Wildman–Crippen LogP) is 4.66. The molecule has 0 unspecified atom stereocenters. The average molecular weight is 430 g/mol. The Morgan fingerprint density at radius 3 is 2.37 bits per heavy atom. The van der Waals surface area contributed by atoms with Crippen LogP contribution in [0.1, 0.15) is 34.6 Å². The Hall–Kier alpha value is -2.76. The van der Waals surface area contributed by atoms with Crippen molar-refractivity contribution in [1.82, 2.24) is 4.90 Å². The number of alkyl halides is 3. The van der Waals surface area contributed by atoms with Gasteiger partial charge in [-0.1, -0.05) is 42.0 Å². The lowest BCUT2D eigenvalue weighted by Gasteiger charge is -2.38. The highest BCUT2D eigenvalue weighted by Gasteiger charge is 2.51. The van der Waals surface area contributed by atoms with Crippen molar-refractivity contribution in [2.45, 2.75) is 31.2 Å². The molecule has 154 valence electrons. The third kappa shape index (κ3) is 3.28. The number of benzene rings is 2. The molecule has 0 bridgehead atoms. The van der Waals surface area contributed by atoms with Crippen LogP contribution in [0.3, 0.4) is 0 Å². The van der Waals surface area contributed by atoms with Gasteiger partial charge in [0, 0.05) is 17.9 Å². The second kappa shape index (κ2) is 7.18. The van der Waals surface area contributed by atoms with Crippen molar-refractivity contribution < 1.29 is 23.1 Å². The normalized spacial score (nSPS) is 24.1. The molecule has 1 saturated heterocycles. The second-order valence-corrected chi connectivity index (χ2v) is 8.37. The molecule has 1 fully saturated rings. The van der Waals surface area contributed by atoms with E-state index in [1.165, 1.54) is 28.8 Å². The highest BCUT2D eigenvalue weighted by molar-refractivity contribution is 8.03. The van der Waals surface area contributed by atoms with Crippen LogP contribution in [0.2, 0.25) is 0 Å². The number of hydrogen-bond acceptors (Lipinski definition) is 4. The number of aryl methyl sites for hydroxylation is 1. The van der Waals surface area contributed by atoms with Crippen LogP contribution in [-0.2, 0) is 16.7 Å². The van der Waals surface area contributed by atoms with E-state index in [-0.39, 0.29) is 23.7 Å². The van der Waals surface area contributed by atoms with Gasteiger partial charge in [-0.2, -0.15) is 18.4 Å². The number of carbonyl (C=O) groups is 1. The molecular formula is C22H17F3N2O2S. The summed E-state index contributed by atoms with van der Waals surface area (Å²) in [7, 11) is 0. The fourth-order valence-corrected chi connectivity index (χ4v) is 5.21. The summed E-state index contributed by atoms with van der Waals surface area (Å²) >= 11 is 1.21. The van der Waals surface area contributed by atoms with Crippen LogP contribution in [-0.4, -0.2) is 21.7 Å². The van der Waals surface area contributed by atoms with E-state index in [2.05, 4.69) is 6.07 Å². The molecule has 2 aliphatic rings. The maximum absolute atomic E-state index is 13.0. The van der Waals surface area contributed by atoms with Crippen LogP contribution in [0.5, 0.6) is 0 Å². The van der Waals surface area contributed by atoms with Crippen molar-refractivity contribution in [3.05, 3.63) is 81.4 Å². The topological polar surface area (TPSA) is 64.3 Å². The quantitative estimate of drug-likeness (QED) is 0.753. The van der Waals surface area contributed by atoms with Crippen molar-refractivity contribution in [1.29, 1.82) is 5.26 Å². The summed E-state index contributed by atoms with van der Waals surface area (Å²) in [5.41, 5.74) is -0.0557. The molecule has 0 radical (unpaired) electrons. The molecule has 4 rings (SSSR count). The Bertz CT molecular complexity index is 1070. The summed E-state index contributed by atoms with van der Waals surface area (Å²) in [6, 6.07) is 13.8. The molecule has 1 N–H and O–H groups in total. The first-order valence-corrected chi connectivity index (χ1v) is 10.2. The van der Waals surface area contributed by atoms with E-state index in [1.54, 1.807) is 12.1 Å². The summed E-state index contributed by atoms with van der Waals surface area (Å²) in [5.74, 6) is -0.854. The van der Waals surface area contributed by atoms with Gasteiger partial charge in [0.15, 0.2) is 5.72 Å². The predicted molar refractivity (Wildman–Crippen MR) is 106 cm³/mol. The Balaban J connectivity index is 1.74. The minimum absolute atomic E-state index is 0.105. The molecule has 2 atom stereocenters. The van der Waals surface area contributed by atoms with Crippen LogP contribution in [0.15, 0.2) is 59.1 Å². The molecule has 2 heterocycles. The van der Waals surface area contributed by atoms with E-state index >= 15 is 0 Å². The first-order chi connectivity index (χ1) is 14.1. The lowest BCUT2D eigenvalue weighted by molar-refractivity contribution is -0.149. The minimum atomic E-state index is -4.46. The lowest BCUT2D eigenvalue weighted by Crippen LogP contribution is -2.48. The van der Waals surface area contributed by atoms with E-state index in [0.717, 1.165) is 17.7 Å². The fraction of sp³-hybridized carbons (Fsp3) is 0.273. The SMILES string of the molecule is Cc1ccc([C@@]2(O)CSC3=C(C#N)[C@H](c4ccc(C(F)(F)F)cc4)CC(=O)N32)cc1. The number of nitriles is 1. The van der Waals surface area contributed by atoms with Gasteiger partial charge in [0.2, 0.25) is 5.91 Å². The van der Waals surface area contributed by atoms with Gasteiger partial charge in [0.1, 0.15) is 0 Å². The van der Waals surface area contributed by atoms with Crippen molar-refractivity contribution in [3.8, 4) is 6.07 Å². The maximum Gasteiger partial charge on any atom is 0.416 e. The molecule has 8 heteroatoms. The molecule has 2 aromatic rings. The van der Waals surface area contributed by atoms with Crippen LogP contribution in [0.25, 0.3) is 0 Å². The first kappa shape index (κ1) is 20.5. The van der Waals surface area contributed by atoms with Gasteiger partial charge in [-0.3, -0.25) is 9.69 Å². The smallest absolute Gasteiger partial charge is 0.366 e. The van der Waals surface area contributed by atoms with Gasteiger partial charge in [0.05, 0.1) is 28.0 Å². The van der Waals surface area contributed by atoms with Gasteiger partial charge < -0.3 is 5.11 Å². The summed E-state index contributed by atoms with van der Waals surface area (Å²) < 4.78 is 38.6. The standard InChI is InChI=1S/C22H17F3N2O2S/c1-13-2-6-15(7-3-13)21(29)12-30-20-18(11-26)17(10-19(28)27(20)21)14-4-8-16(9-5-14)22(23,24)25/h2-9,17,29H,10,12H2,1H3/t17-,21-/m0/s1. The number of aliphatic hydroxyl groups is 1. The number of nitrogens with zero attached hydrogens (tertiary/aromatic N) is 2.